The minimum absolute atomic E-state index is 0.0139. The van der Waals surface area contributed by atoms with Gasteiger partial charge >= 0.3 is 0 Å². The van der Waals surface area contributed by atoms with Crippen molar-refractivity contribution in [3.63, 3.8) is 0 Å². The molecule has 0 saturated carbocycles. The van der Waals surface area contributed by atoms with Crippen LogP contribution >= 0.6 is 0 Å². The van der Waals surface area contributed by atoms with Gasteiger partial charge in [0.15, 0.2) is 11.6 Å². The summed E-state index contributed by atoms with van der Waals surface area (Å²) in [6.45, 7) is 0.874. The van der Waals surface area contributed by atoms with Crippen molar-refractivity contribution >= 4 is 15.9 Å². The monoisotopic (exact) mass is 412 g/mol. The lowest BCUT2D eigenvalue weighted by molar-refractivity contribution is 0.0687. The third-order valence-electron chi connectivity index (χ3n) is 4.77. The first-order chi connectivity index (χ1) is 13.3. The summed E-state index contributed by atoms with van der Waals surface area (Å²) in [5.74, 6) is -3.34. The molecule has 0 aromatic heterocycles. The number of rotatable bonds is 5. The largest absolute Gasteiger partial charge is 0.339 e. The van der Waals surface area contributed by atoms with E-state index in [9.17, 15) is 26.4 Å². The number of piperidine rings is 1. The van der Waals surface area contributed by atoms with Crippen molar-refractivity contribution in [3.8, 4) is 0 Å². The molecule has 1 heterocycles. The van der Waals surface area contributed by atoms with Crippen LogP contribution in [0.25, 0.3) is 0 Å². The van der Waals surface area contributed by atoms with Crippen molar-refractivity contribution < 1.29 is 26.4 Å². The first-order valence-corrected chi connectivity index (χ1v) is 10.2. The van der Waals surface area contributed by atoms with Crippen molar-refractivity contribution in [2.75, 3.05) is 19.6 Å². The van der Waals surface area contributed by atoms with E-state index in [1.165, 1.54) is 18.2 Å². The molecule has 3 rings (SSSR count). The zero-order valence-electron chi connectivity index (χ0n) is 14.9. The van der Waals surface area contributed by atoms with Gasteiger partial charge in [-0.25, -0.2) is 26.3 Å². The number of amides is 1. The Labute approximate surface area is 161 Å². The van der Waals surface area contributed by atoms with Gasteiger partial charge in [-0.3, -0.25) is 4.79 Å². The van der Waals surface area contributed by atoms with E-state index in [2.05, 4.69) is 4.72 Å². The van der Waals surface area contributed by atoms with Crippen molar-refractivity contribution in [3.05, 3.63) is 65.5 Å². The SMILES string of the molecule is O=C(c1ccccc1F)N1CCC(CNS(=O)(=O)c2ccc(F)c(F)c2)CC1. The maximum Gasteiger partial charge on any atom is 0.256 e. The first kappa shape index (κ1) is 20.3. The molecule has 2 aromatic carbocycles. The van der Waals surface area contributed by atoms with Gasteiger partial charge in [0.05, 0.1) is 10.5 Å². The molecule has 1 N–H and O–H groups in total. The Bertz CT molecular complexity index is 974. The molecule has 0 unspecified atom stereocenters. The minimum Gasteiger partial charge on any atom is -0.339 e. The molecule has 1 amide bonds. The standard InChI is InChI=1S/C19H19F3N2O3S/c20-16-4-2-1-3-15(16)19(25)24-9-7-13(8-10-24)12-23-28(26,27)14-5-6-17(21)18(22)11-14/h1-6,11,13,23H,7-10,12H2. The van der Waals surface area contributed by atoms with Gasteiger partial charge in [-0.15, -0.1) is 0 Å². The Balaban J connectivity index is 1.55. The van der Waals surface area contributed by atoms with E-state index in [0.29, 0.717) is 32.0 Å². The van der Waals surface area contributed by atoms with E-state index in [-0.39, 0.29) is 28.8 Å². The molecule has 0 aliphatic carbocycles. The van der Waals surface area contributed by atoms with Gasteiger partial charge in [-0.1, -0.05) is 12.1 Å². The fourth-order valence-electron chi connectivity index (χ4n) is 3.10. The summed E-state index contributed by atoms with van der Waals surface area (Å²) >= 11 is 0. The van der Waals surface area contributed by atoms with E-state index in [1.807, 2.05) is 0 Å². The number of hydrogen-bond acceptors (Lipinski definition) is 3. The van der Waals surface area contributed by atoms with E-state index < -0.39 is 27.5 Å². The number of benzene rings is 2. The Kier molecular flexibility index (Phi) is 6.04. The number of sulfonamides is 1. The zero-order chi connectivity index (χ0) is 20.3. The number of carbonyl (C=O) groups is 1. The smallest absolute Gasteiger partial charge is 0.256 e. The van der Waals surface area contributed by atoms with Gasteiger partial charge in [0, 0.05) is 19.6 Å². The number of hydrogen-bond donors (Lipinski definition) is 1. The quantitative estimate of drug-likeness (QED) is 0.821. The second-order valence-electron chi connectivity index (χ2n) is 6.64. The summed E-state index contributed by atoms with van der Waals surface area (Å²) in [6.07, 6.45) is 1.08. The highest BCUT2D eigenvalue weighted by molar-refractivity contribution is 7.89. The number of nitrogens with one attached hydrogen (secondary N) is 1. The predicted molar refractivity (Wildman–Crippen MR) is 96.6 cm³/mol. The molecule has 1 saturated heterocycles. The predicted octanol–water partition coefficient (Wildman–Crippen LogP) is 2.93. The van der Waals surface area contributed by atoms with Crippen LogP contribution in [0.5, 0.6) is 0 Å². The maximum absolute atomic E-state index is 13.8. The Morgan fingerprint density at radius 3 is 2.32 bits per heavy atom. The molecule has 1 aliphatic heterocycles. The van der Waals surface area contributed by atoms with Crippen LogP contribution in [0.2, 0.25) is 0 Å². The highest BCUT2D eigenvalue weighted by atomic mass is 32.2. The highest BCUT2D eigenvalue weighted by Crippen LogP contribution is 2.21. The number of halogens is 3. The third kappa shape index (κ3) is 4.53. The van der Waals surface area contributed by atoms with Crippen LogP contribution in [0.15, 0.2) is 47.4 Å². The van der Waals surface area contributed by atoms with Gasteiger partial charge in [0.25, 0.3) is 5.91 Å². The molecule has 0 atom stereocenters. The van der Waals surface area contributed by atoms with Crippen molar-refractivity contribution in [1.29, 1.82) is 0 Å². The number of carbonyl (C=O) groups excluding carboxylic acids is 1. The molecule has 9 heteroatoms. The molecular weight excluding hydrogens is 393 g/mol. The number of likely N-dealkylation sites (tertiary alicyclic amines) is 1. The normalized spacial score (nSPS) is 15.6. The van der Waals surface area contributed by atoms with Gasteiger partial charge in [-0.2, -0.15) is 0 Å². The highest BCUT2D eigenvalue weighted by Gasteiger charge is 2.26. The van der Waals surface area contributed by atoms with Gasteiger partial charge in [0.1, 0.15) is 5.82 Å². The maximum atomic E-state index is 13.8. The van der Waals surface area contributed by atoms with E-state index in [0.717, 1.165) is 12.1 Å². The molecule has 5 nitrogen and oxygen atoms in total. The summed E-state index contributed by atoms with van der Waals surface area (Å²) in [6, 6.07) is 8.15. The lowest BCUT2D eigenvalue weighted by Gasteiger charge is -2.32. The molecule has 2 aromatic rings. The minimum atomic E-state index is -3.96. The summed E-state index contributed by atoms with van der Waals surface area (Å²) in [5.41, 5.74) is 0.0139. The van der Waals surface area contributed by atoms with Crippen molar-refractivity contribution in [2.45, 2.75) is 17.7 Å². The fraction of sp³-hybridized carbons (Fsp3) is 0.316. The van der Waals surface area contributed by atoms with Crippen molar-refractivity contribution in [1.82, 2.24) is 9.62 Å². The van der Waals surface area contributed by atoms with Gasteiger partial charge in [-0.05, 0) is 49.1 Å². The van der Waals surface area contributed by atoms with Crippen LogP contribution in [0.1, 0.15) is 23.2 Å². The zero-order valence-corrected chi connectivity index (χ0v) is 15.7. The Morgan fingerprint density at radius 1 is 1.00 bits per heavy atom. The molecule has 150 valence electrons. The van der Waals surface area contributed by atoms with Crippen LogP contribution in [0.3, 0.4) is 0 Å². The Morgan fingerprint density at radius 2 is 1.68 bits per heavy atom. The summed E-state index contributed by atoms with van der Waals surface area (Å²) in [5, 5.41) is 0. The molecule has 0 spiro atoms. The van der Waals surface area contributed by atoms with E-state index in [1.54, 1.807) is 11.0 Å². The van der Waals surface area contributed by atoms with Crippen LogP contribution in [-0.2, 0) is 10.0 Å². The first-order valence-electron chi connectivity index (χ1n) is 8.76. The molecular formula is C19H19F3N2O3S. The lowest BCUT2D eigenvalue weighted by Crippen LogP contribution is -2.41. The van der Waals surface area contributed by atoms with Crippen LogP contribution in [-0.4, -0.2) is 38.9 Å². The van der Waals surface area contributed by atoms with Crippen LogP contribution < -0.4 is 4.72 Å². The van der Waals surface area contributed by atoms with Crippen LogP contribution in [0.4, 0.5) is 13.2 Å². The van der Waals surface area contributed by atoms with Crippen LogP contribution in [0, 0.1) is 23.4 Å². The summed E-state index contributed by atoms with van der Waals surface area (Å²) < 4.78 is 66.8. The second-order valence-corrected chi connectivity index (χ2v) is 8.41. The fourth-order valence-corrected chi connectivity index (χ4v) is 4.23. The molecule has 0 bridgehead atoms. The van der Waals surface area contributed by atoms with Crippen molar-refractivity contribution in [2.24, 2.45) is 5.92 Å². The molecule has 0 radical (unpaired) electrons. The molecule has 1 aliphatic rings. The third-order valence-corrected chi connectivity index (χ3v) is 6.19. The summed E-state index contributed by atoms with van der Waals surface area (Å²) in [4.78, 5) is 13.6. The number of nitrogens with zero attached hydrogens (tertiary/aromatic N) is 1. The van der Waals surface area contributed by atoms with Gasteiger partial charge < -0.3 is 4.90 Å². The van der Waals surface area contributed by atoms with E-state index in [4.69, 9.17) is 0 Å². The topological polar surface area (TPSA) is 66.5 Å². The average Bonchev–Trinajstić information content (AvgIpc) is 2.69. The lowest BCUT2D eigenvalue weighted by atomic mass is 9.96. The second kappa shape index (κ2) is 8.32. The Hall–Kier alpha value is -2.39. The summed E-state index contributed by atoms with van der Waals surface area (Å²) in [7, 11) is -3.96. The van der Waals surface area contributed by atoms with Gasteiger partial charge in [0.2, 0.25) is 10.0 Å². The average molecular weight is 412 g/mol. The molecule has 28 heavy (non-hydrogen) atoms. The molecule has 1 fully saturated rings. The van der Waals surface area contributed by atoms with E-state index >= 15 is 0 Å².